The number of hydrogen-bond donors (Lipinski definition) is 1. The molecule has 1 fully saturated rings. The number of nitrogens with one attached hydrogen (secondary N) is 1. The van der Waals surface area contributed by atoms with Gasteiger partial charge in [-0.05, 0) is 50.1 Å². The van der Waals surface area contributed by atoms with Crippen LogP contribution >= 0.6 is 0 Å². The van der Waals surface area contributed by atoms with Gasteiger partial charge in [0.1, 0.15) is 6.54 Å². The van der Waals surface area contributed by atoms with E-state index in [0.29, 0.717) is 5.82 Å². The normalized spacial score (nSPS) is 16.8. The summed E-state index contributed by atoms with van der Waals surface area (Å²) in [7, 11) is 0. The standard InChI is InChI=1S/C21H20F3N5O4/c1-12(33-20(32)14-5-7-17(27-26-14)28-8-2-3-9-28)19(31)29-11-18(30)25-15-10-13(21(22,23)24)4-6-16(15)29/h4-7,10,12H,2-3,8-9,11H2,1H3,(H,25,30). The Kier molecular flexibility index (Phi) is 5.91. The van der Waals surface area contributed by atoms with Crippen LogP contribution in [0.4, 0.5) is 30.4 Å². The largest absolute Gasteiger partial charge is 0.448 e. The van der Waals surface area contributed by atoms with Crippen LogP contribution in [0.3, 0.4) is 0 Å². The Morgan fingerprint density at radius 2 is 1.85 bits per heavy atom. The Morgan fingerprint density at radius 1 is 1.12 bits per heavy atom. The van der Waals surface area contributed by atoms with Gasteiger partial charge in [0.25, 0.3) is 5.91 Å². The number of esters is 1. The van der Waals surface area contributed by atoms with Crippen molar-refractivity contribution in [3.05, 3.63) is 41.6 Å². The van der Waals surface area contributed by atoms with Gasteiger partial charge >= 0.3 is 12.1 Å². The molecule has 2 aliphatic rings. The highest BCUT2D eigenvalue weighted by Gasteiger charge is 2.35. The molecule has 0 aliphatic carbocycles. The highest BCUT2D eigenvalue weighted by Crippen LogP contribution is 2.37. The fourth-order valence-electron chi connectivity index (χ4n) is 3.70. The summed E-state index contributed by atoms with van der Waals surface area (Å²) in [6.45, 7) is 2.60. The smallest absolute Gasteiger partial charge is 0.416 e. The average Bonchev–Trinajstić information content (AvgIpc) is 3.32. The predicted octanol–water partition coefficient (Wildman–Crippen LogP) is 2.63. The minimum absolute atomic E-state index is 0.0743. The van der Waals surface area contributed by atoms with E-state index in [9.17, 15) is 27.6 Å². The van der Waals surface area contributed by atoms with Crippen molar-refractivity contribution in [2.45, 2.75) is 32.0 Å². The lowest BCUT2D eigenvalue weighted by Gasteiger charge is -2.31. The zero-order chi connectivity index (χ0) is 23.8. The number of carbonyl (C=O) groups excluding carboxylic acids is 3. The Hall–Kier alpha value is -3.70. The van der Waals surface area contributed by atoms with Gasteiger partial charge in [-0.2, -0.15) is 13.2 Å². The molecule has 1 aromatic carbocycles. The lowest BCUT2D eigenvalue weighted by atomic mass is 10.1. The number of rotatable bonds is 4. The van der Waals surface area contributed by atoms with Gasteiger partial charge in [-0.1, -0.05) is 0 Å². The third kappa shape index (κ3) is 4.73. The molecule has 9 nitrogen and oxygen atoms in total. The van der Waals surface area contributed by atoms with Crippen LogP contribution in [-0.4, -0.2) is 53.7 Å². The van der Waals surface area contributed by atoms with Gasteiger partial charge in [0.05, 0.1) is 16.9 Å². The summed E-state index contributed by atoms with van der Waals surface area (Å²) >= 11 is 0. The van der Waals surface area contributed by atoms with E-state index in [0.717, 1.165) is 49.0 Å². The van der Waals surface area contributed by atoms with Gasteiger partial charge < -0.3 is 15.0 Å². The number of hydrogen-bond acceptors (Lipinski definition) is 7. The van der Waals surface area contributed by atoms with Gasteiger partial charge in [0.2, 0.25) is 5.91 Å². The van der Waals surface area contributed by atoms with Gasteiger partial charge in [0, 0.05) is 13.1 Å². The van der Waals surface area contributed by atoms with Crippen LogP contribution in [0.2, 0.25) is 0 Å². The number of nitrogens with zero attached hydrogens (tertiary/aromatic N) is 4. The Morgan fingerprint density at radius 3 is 2.48 bits per heavy atom. The number of aromatic nitrogens is 2. The number of alkyl halides is 3. The lowest BCUT2D eigenvalue weighted by molar-refractivity contribution is -0.137. The van der Waals surface area contributed by atoms with Gasteiger partial charge in [-0.25, -0.2) is 4.79 Å². The molecule has 1 unspecified atom stereocenters. The first kappa shape index (κ1) is 22.5. The molecule has 4 rings (SSSR count). The molecule has 0 bridgehead atoms. The molecule has 2 amide bonds. The quantitative estimate of drug-likeness (QED) is 0.695. The molecule has 2 aliphatic heterocycles. The van der Waals surface area contributed by atoms with Gasteiger partial charge in [0.15, 0.2) is 17.6 Å². The number of ether oxygens (including phenoxy) is 1. The molecule has 1 aromatic heterocycles. The Labute approximate surface area is 186 Å². The molecule has 1 saturated heterocycles. The van der Waals surface area contributed by atoms with Crippen LogP contribution < -0.4 is 15.1 Å². The van der Waals surface area contributed by atoms with Crippen LogP contribution in [0.5, 0.6) is 0 Å². The number of benzene rings is 1. The van der Waals surface area contributed by atoms with E-state index in [1.54, 1.807) is 6.07 Å². The third-order valence-corrected chi connectivity index (χ3v) is 5.38. The minimum Gasteiger partial charge on any atom is -0.448 e. The molecule has 174 valence electrons. The highest BCUT2D eigenvalue weighted by molar-refractivity contribution is 6.11. The first-order valence-corrected chi connectivity index (χ1v) is 10.3. The lowest BCUT2D eigenvalue weighted by Crippen LogP contribution is -2.47. The minimum atomic E-state index is -4.61. The van der Waals surface area contributed by atoms with E-state index < -0.39 is 42.2 Å². The van der Waals surface area contributed by atoms with E-state index in [-0.39, 0.29) is 17.1 Å². The van der Waals surface area contributed by atoms with Crippen molar-refractivity contribution in [2.75, 3.05) is 34.8 Å². The van der Waals surface area contributed by atoms with Crippen LogP contribution in [0.25, 0.3) is 0 Å². The SMILES string of the molecule is CC(OC(=O)c1ccc(N2CCCC2)nn1)C(=O)N1CC(=O)Nc2cc(C(F)(F)F)ccc21. The molecule has 0 spiro atoms. The van der Waals surface area contributed by atoms with Crippen LogP contribution in [-0.2, 0) is 20.5 Å². The molecule has 2 aromatic rings. The Balaban J connectivity index is 1.47. The third-order valence-electron chi connectivity index (χ3n) is 5.38. The van der Waals surface area contributed by atoms with Crippen molar-refractivity contribution in [1.82, 2.24) is 10.2 Å². The fraction of sp³-hybridized carbons (Fsp3) is 0.381. The average molecular weight is 463 g/mol. The maximum atomic E-state index is 13.0. The maximum absolute atomic E-state index is 13.0. The van der Waals surface area contributed by atoms with E-state index in [4.69, 9.17) is 4.74 Å². The van der Waals surface area contributed by atoms with Crippen molar-refractivity contribution in [1.29, 1.82) is 0 Å². The molecule has 1 atom stereocenters. The first-order valence-electron chi connectivity index (χ1n) is 10.3. The molecular weight excluding hydrogens is 443 g/mol. The van der Waals surface area contributed by atoms with Crippen molar-refractivity contribution in [3.63, 3.8) is 0 Å². The second-order valence-electron chi connectivity index (χ2n) is 7.72. The summed E-state index contributed by atoms with van der Waals surface area (Å²) in [4.78, 5) is 40.3. The van der Waals surface area contributed by atoms with E-state index in [2.05, 4.69) is 15.5 Å². The van der Waals surface area contributed by atoms with Crippen molar-refractivity contribution in [3.8, 4) is 0 Å². The van der Waals surface area contributed by atoms with E-state index in [1.165, 1.54) is 13.0 Å². The van der Waals surface area contributed by atoms with Crippen molar-refractivity contribution < 1.29 is 32.3 Å². The summed E-state index contributed by atoms with van der Waals surface area (Å²) in [5, 5.41) is 10.2. The summed E-state index contributed by atoms with van der Waals surface area (Å²) in [6.07, 6.45) is -3.82. The van der Waals surface area contributed by atoms with E-state index >= 15 is 0 Å². The van der Waals surface area contributed by atoms with E-state index in [1.807, 2.05) is 4.90 Å². The van der Waals surface area contributed by atoms with Gasteiger partial charge in [-0.3, -0.25) is 14.5 Å². The number of carbonyl (C=O) groups is 3. The summed E-state index contributed by atoms with van der Waals surface area (Å²) in [5.74, 6) is -1.68. The second kappa shape index (κ2) is 8.68. The molecule has 0 radical (unpaired) electrons. The highest BCUT2D eigenvalue weighted by atomic mass is 19.4. The number of fused-ring (bicyclic) bond motifs is 1. The fourth-order valence-corrected chi connectivity index (χ4v) is 3.70. The molecular formula is C21H20F3N5O4. The number of anilines is 3. The topological polar surface area (TPSA) is 105 Å². The number of amides is 2. The van der Waals surface area contributed by atoms with Crippen molar-refractivity contribution >= 4 is 35.0 Å². The maximum Gasteiger partial charge on any atom is 0.416 e. The van der Waals surface area contributed by atoms with Crippen LogP contribution in [0, 0.1) is 0 Å². The predicted molar refractivity (Wildman–Crippen MR) is 111 cm³/mol. The summed E-state index contributed by atoms with van der Waals surface area (Å²) < 4.78 is 44.2. The van der Waals surface area contributed by atoms with Crippen molar-refractivity contribution in [2.24, 2.45) is 0 Å². The molecule has 33 heavy (non-hydrogen) atoms. The van der Waals surface area contributed by atoms with Crippen LogP contribution in [0.1, 0.15) is 35.8 Å². The zero-order valence-corrected chi connectivity index (χ0v) is 17.6. The number of halogens is 3. The van der Waals surface area contributed by atoms with Gasteiger partial charge in [-0.15, -0.1) is 10.2 Å². The molecule has 12 heteroatoms. The molecule has 1 N–H and O–H groups in total. The monoisotopic (exact) mass is 463 g/mol. The molecule has 3 heterocycles. The second-order valence-corrected chi connectivity index (χ2v) is 7.72. The summed E-state index contributed by atoms with van der Waals surface area (Å²) in [5.41, 5.74) is -1.14. The zero-order valence-electron chi connectivity index (χ0n) is 17.6. The Bertz CT molecular complexity index is 1080. The molecule has 0 saturated carbocycles. The van der Waals surface area contributed by atoms with Crippen LogP contribution in [0.15, 0.2) is 30.3 Å². The summed E-state index contributed by atoms with van der Waals surface area (Å²) in [6, 6.07) is 5.74. The first-order chi connectivity index (χ1) is 15.6.